The Morgan fingerprint density at radius 1 is 0.553 bits per heavy atom. The zero-order valence-corrected chi connectivity index (χ0v) is 21.5. The first-order chi connectivity index (χ1) is 18.2. The van der Waals surface area contributed by atoms with Crippen molar-refractivity contribution in [1.29, 1.82) is 0 Å². The standard InChI is InChI=1S/C26H30O12/c1-17(2)19-7-11-21(12-8-19)23(27)33-37-35-25(29)31-15-5-6-16-32-26(30)36-38-34-24(28)22-13-9-20(10-14-22)18(3)4/h7-14,17-18H,5-6,15-16H2,1-4H3. The number of unbranched alkanes of at least 4 members (excludes halogenated alkanes) is 1. The minimum atomic E-state index is -1.23. The summed E-state index contributed by atoms with van der Waals surface area (Å²) in [4.78, 5) is 63.6. The molecule has 0 heterocycles. The molecule has 206 valence electrons. The summed E-state index contributed by atoms with van der Waals surface area (Å²) in [6.07, 6.45) is -1.90. The maximum Gasteiger partial charge on any atom is 0.543 e. The van der Waals surface area contributed by atoms with Crippen LogP contribution >= 0.6 is 0 Å². The van der Waals surface area contributed by atoms with Crippen molar-refractivity contribution in [3.8, 4) is 0 Å². The second-order valence-electron chi connectivity index (χ2n) is 8.50. The van der Waals surface area contributed by atoms with Gasteiger partial charge in [-0.25, -0.2) is 29.0 Å². The van der Waals surface area contributed by atoms with Gasteiger partial charge in [-0.1, -0.05) is 52.0 Å². The van der Waals surface area contributed by atoms with E-state index in [1.54, 1.807) is 48.5 Å². The number of ether oxygens (including phenoxy) is 2. The summed E-state index contributed by atoms with van der Waals surface area (Å²) in [5, 5.41) is 8.27. The van der Waals surface area contributed by atoms with Gasteiger partial charge in [-0.2, -0.15) is 0 Å². The number of hydrogen-bond acceptors (Lipinski definition) is 12. The van der Waals surface area contributed by atoms with Crippen molar-refractivity contribution in [3.05, 3.63) is 70.8 Å². The molecule has 0 aliphatic heterocycles. The van der Waals surface area contributed by atoms with Gasteiger partial charge in [0.2, 0.25) is 0 Å². The summed E-state index contributed by atoms with van der Waals surface area (Å²) in [5.74, 6) is -1.09. The molecule has 0 radical (unpaired) electrons. The smallest absolute Gasteiger partial charge is 0.432 e. The van der Waals surface area contributed by atoms with Gasteiger partial charge in [0.25, 0.3) is 0 Å². The van der Waals surface area contributed by atoms with E-state index < -0.39 is 24.2 Å². The molecular weight excluding hydrogens is 504 g/mol. The maximum atomic E-state index is 11.8. The van der Waals surface area contributed by atoms with E-state index in [0.717, 1.165) is 11.1 Å². The van der Waals surface area contributed by atoms with E-state index >= 15 is 0 Å². The van der Waals surface area contributed by atoms with E-state index in [4.69, 9.17) is 9.47 Å². The van der Waals surface area contributed by atoms with Gasteiger partial charge < -0.3 is 9.47 Å². The Hall–Kier alpha value is -4.16. The van der Waals surface area contributed by atoms with Crippen LogP contribution in [0.3, 0.4) is 0 Å². The number of rotatable bonds is 13. The molecule has 12 nitrogen and oxygen atoms in total. The van der Waals surface area contributed by atoms with Gasteiger partial charge in [-0.15, -0.1) is 0 Å². The molecule has 0 bridgehead atoms. The molecule has 0 N–H and O–H groups in total. The van der Waals surface area contributed by atoms with Gasteiger partial charge >= 0.3 is 24.2 Å². The molecule has 38 heavy (non-hydrogen) atoms. The lowest BCUT2D eigenvalue weighted by Crippen LogP contribution is -2.14. The van der Waals surface area contributed by atoms with Crippen LogP contribution in [-0.4, -0.2) is 37.5 Å². The molecule has 0 aromatic heterocycles. The molecule has 0 spiro atoms. The fourth-order valence-electron chi connectivity index (χ4n) is 2.82. The van der Waals surface area contributed by atoms with Crippen LogP contribution in [0.15, 0.2) is 48.5 Å². The van der Waals surface area contributed by atoms with Crippen LogP contribution in [0.2, 0.25) is 0 Å². The third-order valence-corrected chi connectivity index (χ3v) is 5.03. The molecule has 2 aromatic carbocycles. The number of benzene rings is 2. The lowest BCUT2D eigenvalue weighted by atomic mass is 10.0. The Labute approximate surface area is 219 Å². The molecule has 0 amide bonds. The van der Waals surface area contributed by atoms with Crippen molar-refractivity contribution in [2.45, 2.75) is 52.4 Å². The Balaban J connectivity index is 1.48. The van der Waals surface area contributed by atoms with Crippen molar-refractivity contribution in [2.75, 3.05) is 13.2 Å². The molecule has 0 atom stereocenters. The Morgan fingerprint density at radius 2 is 0.895 bits per heavy atom. The van der Waals surface area contributed by atoms with Crippen LogP contribution in [0.25, 0.3) is 0 Å². The van der Waals surface area contributed by atoms with Crippen LogP contribution in [0.4, 0.5) is 9.59 Å². The van der Waals surface area contributed by atoms with Crippen LogP contribution in [-0.2, 0) is 39.1 Å². The third-order valence-electron chi connectivity index (χ3n) is 5.03. The monoisotopic (exact) mass is 534 g/mol. The van der Waals surface area contributed by atoms with E-state index in [-0.39, 0.29) is 37.2 Å². The average molecular weight is 535 g/mol. The van der Waals surface area contributed by atoms with E-state index in [9.17, 15) is 19.2 Å². The molecule has 2 rings (SSSR count). The van der Waals surface area contributed by atoms with Gasteiger partial charge in [0.1, 0.15) is 0 Å². The predicted molar refractivity (Wildman–Crippen MR) is 128 cm³/mol. The number of carbonyl (C=O) groups excluding carboxylic acids is 4. The third kappa shape index (κ3) is 10.8. The lowest BCUT2D eigenvalue weighted by molar-refractivity contribution is -0.452. The second-order valence-corrected chi connectivity index (χ2v) is 8.50. The van der Waals surface area contributed by atoms with Crippen molar-refractivity contribution in [1.82, 2.24) is 0 Å². The highest BCUT2D eigenvalue weighted by Crippen LogP contribution is 2.16. The Kier molecular flexibility index (Phi) is 12.5. The molecule has 12 heteroatoms. The summed E-state index contributed by atoms with van der Waals surface area (Å²) in [6, 6.07) is 13.3. The maximum absolute atomic E-state index is 11.8. The van der Waals surface area contributed by atoms with Crippen LogP contribution in [0, 0.1) is 0 Å². The minimum absolute atomic E-state index is 0.102. The first kappa shape index (κ1) is 30.1. The van der Waals surface area contributed by atoms with Gasteiger partial charge in [-0.3, -0.25) is 9.78 Å². The molecular formula is C26H30O12. The summed E-state index contributed by atoms with van der Waals surface area (Å²) in [6.45, 7) is 7.86. The van der Waals surface area contributed by atoms with Crippen molar-refractivity contribution in [3.63, 3.8) is 0 Å². The molecule has 2 aromatic rings. The van der Waals surface area contributed by atoms with E-state index in [2.05, 4.69) is 29.6 Å². The zero-order valence-electron chi connectivity index (χ0n) is 21.5. The van der Waals surface area contributed by atoms with Crippen molar-refractivity contribution < 1.29 is 58.3 Å². The molecule has 0 unspecified atom stereocenters. The molecule has 0 aliphatic rings. The highest BCUT2D eigenvalue weighted by Gasteiger charge is 2.14. The Morgan fingerprint density at radius 3 is 1.21 bits per heavy atom. The highest BCUT2D eigenvalue weighted by atomic mass is 17.5. The van der Waals surface area contributed by atoms with E-state index in [1.807, 2.05) is 27.7 Å². The van der Waals surface area contributed by atoms with Gasteiger partial charge in [0, 0.05) is 0 Å². The van der Waals surface area contributed by atoms with Gasteiger partial charge in [-0.05, 0) is 60.1 Å². The number of carbonyl (C=O) groups is 4. The average Bonchev–Trinajstić information content (AvgIpc) is 2.90. The van der Waals surface area contributed by atoms with Gasteiger partial charge in [0.05, 0.1) is 34.4 Å². The summed E-state index contributed by atoms with van der Waals surface area (Å²) < 4.78 is 9.40. The first-order valence-electron chi connectivity index (χ1n) is 11.8. The quantitative estimate of drug-likeness (QED) is 0.134. The fraction of sp³-hybridized carbons (Fsp3) is 0.385. The fourth-order valence-corrected chi connectivity index (χ4v) is 2.82. The van der Waals surface area contributed by atoms with Crippen LogP contribution in [0.1, 0.15) is 84.2 Å². The molecule has 0 fully saturated rings. The SMILES string of the molecule is CC(C)c1ccc(C(=O)OOOC(=O)OCCCCOC(=O)OOOC(=O)c2ccc(C(C)C)cc2)cc1. The van der Waals surface area contributed by atoms with Gasteiger partial charge in [0.15, 0.2) is 0 Å². The minimum Gasteiger partial charge on any atom is -0.432 e. The number of hydrogen-bond donors (Lipinski definition) is 0. The van der Waals surface area contributed by atoms with Crippen LogP contribution < -0.4 is 0 Å². The largest absolute Gasteiger partial charge is 0.543 e. The highest BCUT2D eigenvalue weighted by molar-refractivity contribution is 5.89. The summed E-state index contributed by atoms with van der Waals surface area (Å²) in [7, 11) is 0. The molecule has 0 aliphatic carbocycles. The predicted octanol–water partition coefficient (Wildman–Crippen LogP) is 5.73. The summed E-state index contributed by atoms with van der Waals surface area (Å²) >= 11 is 0. The molecule has 0 saturated carbocycles. The van der Waals surface area contributed by atoms with Crippen molar-refractivity contribution >= 4 is 24.2 Å². The Bertz CT molecular complexity index is 959. The first-order valence-corrected chi connectivity index (χ1v) is 11.8. The summed E-state index contributed by atoms with van der Waals surface area (Å²) in [5.41, 5.74) is 2.51. The normalized spacial score (nSPS) is 10.6. The van der Waals surface area contributed by atoms with E-state index in [0.29, 0.717) is 11.8 Å². The molecule has 0 saturated heterocycles. The topological polar surface area (TPSA) is 142 Å². The second kappa shape index (κ2) is 15.8. The lowest BCUT2D eigenvalue weighted by Gasteiger charge is -2.07. The zero-order chi connectivity index (χ0) is 27.9. The van der Waals surface area contributed by atoms with E-state index in [1.165, 1.54) is 0 Å². The van der Waals surface area contributed by atoms with Crippen molar-refractivity contribution in [2.24, 2.45) is 0 Å². The van der Waals surface area contributed by atoms with Crippen LogP contribution in [0.5, 0.6) is 0 Å².